The summed E-state index contributed by atoms with van der Waals surface area (Å²) in [6.07, 6.45) is 2.31. The number of hydrogen-bond donors (Lipinski definition) is 0. The molecule has 0 saturated carbocycles. The van der Waals surface area contributed by atoms with Crippen molar-refractivity contribution >= 4 is 5.91 Å². The summed E-state index contributed by atoms with van der Waals surface area (Å²) in [5.41, 5.74) is 1.77. The Kier molecular flexibility index (Phi) is 6.14. The van der Waals surface area contributed by atoms with Gasteiger partial charge in [0.05, 0.1) is 18.1 Å². The first-order valence-corrected chi connectivity index (χ1v) is 11.6. The molecular weight excluding hydrogens is 417 g/mol. The van der Waals surface area contributed by atoms with Gasteiger partial charge in [-0.2, -0.15) is 0 Å². The second-order valence-corrected chi connectivity index (χ2v) is 8.97. The molecule has 0 bridgehead atoms. The Morgan fingerprint density at radius 1 is 0.909 bits per heavy atom. The monoisotopic (exact) mass is 445 g/mol. The first-order valence-electron chi connectivity index (χ1n) is 11.6. The minimum atomic E-state index is -0.305. The van der Waals surface area contributed by atoms with Crippen LogP contribution in [0.3, 0.4) is 0 Å². The van der Waals surface area contributed by atoms with Crippen molar-refractivity contribution in [3.05, 3.63) is 102 Å². The predicted octanol–water partition coefficient (Wildman–Crippen LogP) is 5.19. The van der Waals surface area contributed by atoms with Crippen molar-refractivity contribution in [1.82, 2.24) is 4.90 Å². The summed E-state index contributed by atoms with van der Waals surface area (Å²) < 4.78 is 25.4. The molecule has 0 radical (unpaired) electrons. The zero-order chi connectivity index (χ0) is 22.7. The van der Waals surface area contributed by atoms with E-state index in [0.717, 1.165) is 30.4 Å². The van der Waals surface area contributed by atoms with Gasteiger partial charge in [-0.3, -0.25) is 4.79 Å². The van der Waals surface area contributed by atoms with E-state index in [1.54, 1.807) is 12.1 Å². The molecule has 0 aliphatic carbocycles. The van der Waals surface area contributed by atoms with Crippen LogP contribution in [-0.2, 0) is 9.53 Å². The number of piperidine rings is 1. The van der Waals surface area contributed by atoms with Crippen LogP contribution in [0, 0.1) is 5.82 Å². The summed E-state index contributed by atoms with van der Waals surface area (Å²) in [6, 6.07) is 26.1. The summed E-state index contributed by atoms with van der Waals surface area (Å²) in [5, 5.41) is 0. The molecule has 1 atom stereocenters. The van der Waals surface area contributed by atoms with Gasteiger partial charge in [0.15, 0.2) is 0 Å². The van der Waals surface area contributed by atoms with E-state index in [1.807, 2.05) is 65.6 Å². The van der Waals surface area contributed by atoms with Gasteiger partial charge in [-0.05, 0) is 48.2 Å². The highest BCUT2D eigenvalue weighted by molar-refractivity contribution is 5.87. The van der Waals surface area contributed by atoms with Gasteiger partial charge in [0, 0.05) is 19.5 Å². The topological polar surface area (TPSA) is 38.8 Å². The van der Waals surface area contributed by atoms with Crippen LogP contribution in [0.1, 0.15) is 36.3 Å². The lowest BCUT2D eigenvalue weighted by molar-refractivity contribution is -0.136. The smallest absolute Gasteiger partial charge is 0.234 e. The van der Waals surface area contributed by atoms with Gasteiger partial charge in [0.1, 0.15) is 17.7 Å². The van der Waals surface area contributed by atoms with Crippen LogP contribution < -0.4 is 4.74 Å². The molecule has 2 aliphatic rings. The fraction of sp³-hybridized carbons (Fsp3) is 0.321. The average molecular weight is 446 g/mol. The maximum Gasteiger partial charge on any atom is 0.234 e. The van der Waals surface area contributed by atoms with Gasteiger partial charge < -0.3 is 14.4 Å². The molecule has 2 heterocycles. The minimum absolute atomic E-state index is 0.0564. The Morgan fingerprint density at radius 2 is 1.48 bits per heavy atom. The summed E-state index contributed by atoms with van der Waals surface area (Å²) in [6.45, 7) is 1.85. The van der Waals surface area contributed by atoms with E-state index in [1.165, 1.54) is 12.1 Å². The van der Waals surface area contributed by atoms with E-state index in [9.17, 15) is 9.18 Å². The SMILES string of the molecule is O=C(C(c1ccccc1)c1ccccc1)N1CCC2(CC1)CC(Oc1ccc(F)cc1)CO2. The molecular formula is C28H28FNO3. The maximum absolute atomic E-state index is 13.7. The second kappa shape index (κ2) is 9.36. The number of likely N-dealkylation sites (tertiary alicyclic amines) is 1. The van der Waals surface area contributed by atoms with Crippen LogP contribution in [-0.4, -0.2) is 42.2 Å². The van der Waals surface area contributed by atoms with Crippen LogP contribution >= 0.6 is 0 Å². The highest BCUT2D eigenvalue weighted by atomic mass is 19.1. The molecule has 5 rings (SSSR count). The molecule has 2 aliphatic heterocycles. The van der Waals surface area contributed by atoms with Crippen molar-refractivity contribution in [3.63, 3.8) is 0 Å². The van der Waals surface area contributed by atoms with Crippen molar-refractivity contribution in [1.29, 1.82) is 0 Å². The highest BCUT2D eigenvalue weighted by Crippen LogP contribution is 2.38. The van der Waals surface area contributed by atoms with Crippen molar-refractivity contribution in [2.45, 2.75) is 36.9 Å². The van der Waals surface area contributed by atoms with E-state index in [0.29, 0.717) is 25.4 Å². The molecule has 1 amide bonds. The van der Waals surface area contributed by atoms with Gasteiger partial charge in [-0.1, -0.05) is 60.7 Å². The molecule has 3 aromatic carbocycles. The molecule has 170 valence electrons. The van der Waals surface area contributed by atoms with Crippen LogP contribution in [0.5, 0.6) is 5.75 Å². The predicted molar refractivity (Wildman–Crippen MR) is 125 cm³/mol. The van der Waals surface area contributed by atoms with E-state index < -0.39 is 0 Å². The molecule has 1 spiro atoms. The molecule has 4 nitrogen and oxygen atoms in total. The Labute approximate surface area is 193 Å². The van der Waals surface area contributed by atoms with Gasteiger partial charge >= 0.3 is 0 Å². The molecule has 2 saturated heterocycles. The minimum Gasteiger partial charge on any atom is -0.488 e. The number of carbonyl (C=O) groups is 1. The number of benzene rings is 3. The van der Waals surface area contributed by atoms with Gasteiger partial charge in [0.2, 0.25) is 5.91 Å². The lowest BCUT2D eigenvalue weighted by Crippen LogP contribution is -2.48. The summed E-state index contributed by atoms with van der Waals surface area (Å²) in [7, 11) is 0. The number of halogens is 1. The first-order chi connectivity index (χ1) is 16.1. The van der Waals surface area contributed by atoms with Crippen molar-refractivity contribution < 1.29 is 18.7 Å². The van der Waals surface area contributed by atoms with E-state index in [4.69, 9.17) is 9.47 Å². The molecule has 5 heteroatoms. The van der Waals surface area contributed by atoms with Crippen molar-refractivity contribution in [3.8, 4) is 5.75 Å². The number of ether oxygens (including phenoxy) is 2. The van der Waals surface area contributed by atoms with Crippen LogP contribution in [0.2, 0.25) is 0 Å². The zero-order valence-corrected chi connectivity index (χ0v) is 18.5. The molecule has 33 heavy (non-hydrogen) atoms. The van der Waals surface area contributed by atoms with Crippen molar-refractivity contribution in [2.24, 2.45) is 0 Å². The number of hydrogen-bond acceptors (Lipinski definition) is 3. The third kappa shape index (κ3) is 4.79. The van der Waals surface area contributed by atoms with Crippen LogP contribution in [0.25, 0.3) is 0 Å². The number of nitrogens with zero attached hydrogens (tertiary/aromatic N) is 1. The normalized spacial score (nSPS) is 19.7. The van der Waals surface area contributed by atoms with Gasteiger partial charge in [-0.15, -0.1) is 0 Å². The van der Waals surface area contributed by atoms with E-state index in [-0.39, 0.29) is 29.3 Å². The summed E-state index contributed by atoms with van der Waals surface area (Å²) in [5.74, 6) is 0.214. The number of amides is 1. The molecule has 2 fully saturated rings. The lowest BCUT2D eigenvalue weighted by Gasteiger charge is -2.39. The molecule has 0 N–H and O–H groups in total. The summed E-state index contributed by atoms with van der Waals surface area (Å²) in [4.78, 5) is 15.6. The van der Waals surface area contributed by atoms with Crippen LogP contribution in [0.4, 0.5) is 4.39 Å². The Bertz CT molecular complexity index is 1020. The Morgan fingerprint density at radius 3 is 2.06 bits per heavy atom. The number of carbonyl (C=O) groups excluding carboxylic acids is 1. The largest absolute Gasteiger partial charge is 0.488 e. The number of rotatable bonds is 5. The highest BCUT2D eigenvalue weighted by Gasteiger charge is 2.45. The maximum atomic E-state index is 13.7. The third-order valence-electron chi connectivity index (χ3n) is 6.79. The zero-order valence-electron chi connectivity index (χ0n) is 18.5. The fourth-order valence-electron chi connectivity index (χ4n) is 5.02. The third-order valence-corrected chi connectivity index (χ3v) is 6.79. The molecule has 0 aromatic heterocycles. The average Bonchev–Trinajstić information content (AvgIpc) is 3.24. The lowest BCUT2D eigenvalue weighted by atomic mass is 9.85. The first kappa shape index (κ1) is 21.7. The van der Waals surface area contributed by atoms with Crippen molar-refractivity contribution in [2.75, 3.05) is 19.7 Å². The second-order valence-electron chi connectivity index (χ2n) is 8.97. The quantitative estimate of drug-likeness (QED) is 0.543. The van der Waals surface area contributed by atoms with Gasteiger partial charge in [-0.25, -0.2) is 4.39 Å². The Hall–Kier alpha value is -3.18. The molecule has 3 aromatic rings. The molecule has 1 unspecified atom stereocenters. The standard InChI is InChI=1S/C28H28FNO3/c29-23-11-13-24(14-12-23)33-25-19-28(32-20-25)15-17-30(18-16-28)27(31)26(21-7-3-1-4-8-21)22-9-5-2-6-10-22/h1-14,25-26H,15-20H2. The Balaban J connectivity index is 1.24. The summed E-state index contributed by atoms with van der Waals surface area (Å²) >= 11 is 0. The van der Waals surface area contributed by atoms with Crippen LogP contribution in [0.15, 0.2) is 84.9 Å². The van der Waals surface area contributed by atoms with E-state index in [2.05, 4.69) is 0 Å². The fourth-order valence-corrected chi connectivity index (χ4v) is 5.02. The van der Waals surface area contributed by atoms with Gasteiger partial charge in [0.25, 0.3) is 0 Å². The van der Waals surface area contributed by atoms with E-state index >= 15 is 0 Å².